The molecule has 0 saturated carbocycles. The number of benzene rings is 2. The van der Waals surface area contributed by atoms with E-state index in [1.165, 1.54) is 10.7 Å². The average molecular weight is 373 g/mol. The van der Waals surface area contributed by atoms with Crippen LogP contribution in [0.3, 0.4) is 0 Å². The Balaban J connectivity index is 1.79. The molecule has 0 aliphatic carbocycles. The monoisotopic (exact) mass is 373 g/mol. The van der Waals surface area contributed by atoms with E-state index in [1.54, 1.807) is 12.1 Å². The molecular formula is C18H13F2N3O2S. The lowest BCUT2D eigenvalue weighted by molar-refractivity contribution is 0.101. The number of nitrogens with zero attached hydrogens (tertiary/aromatic N) is 2. The third-order valence-electron chi connectivity index (χ3n) is 4.09. The number of aromatic nitrogens is 2. The van der Waals surface area contributed by atoms with Gasteiger partial charge in [0.15, 0.2) is 0 Å². The molecule has 0 radical (unpaired) electrons. The van der Waals surface area contributed by atoms with Crippen molar-refractivity contribution < 1.29 is 17.8 Å². The minimum atomic E-state index is -1.11. The zero-order valence-corrected chi connectivity index (χ0v) is 14.2. The maximum atomic E-state index is 13.9. The van der Waals surface area contributed by atoms with Crippen LogP contribution in [0.1, 0.15) is 21.6 Å². The van der Waals surface area contributed by atoms with Crippen molar-refractivity contribution in [1.82, 2.24) is 9.78 Å². The Kier molecular flexibility index (Phi) is 4.12. The Labute approximate surface area is 150 Å². The average Bonchev–Trinajstić information content (AvgIpc) is 3.13. The molecule has 1 aliphatic heterocycles. The summed E-state index contributed by atoms with van der Waals surface area (Å²) in [5, 5.41) is 6.98. The molecule has 1 N–H and O–H groups in total. The number of nitrogens with one attached hydrogen (secondary N) is 1. The van der Waals surface area contributed by atoms with Crippen LogP contribution in [0.15, 0.2) is 48.5 Å². The standard InChI is InChI=1S/C18H13F2N3O2S/c19-13-7-4-8-14(20)16(13)18(24)21-17-12-9-26(25)10-15(12)22-23(17)11-5-2-1-3-6-11/h1-8H,9-10H2,(H,21,24)/t26-/m0/s1. The molecule has 1 aromatic heterocycles. The van der Waals surface area contributed by atoms with Crippen molar-refractivity contribution in [3.63, 3.8) is 0 Å². The van der Waals surface area contributed by atoms with Crippen LogP contribution in [-0.4, -0.2) is 19.9 Å². The first kappa shape index (κ1) is 16.6. The summed E-state index contributed by atoms with van der Waals surface area (Å²) in [6.07, 6.45) is 0. The van der Waals surface area contributed by atoms with Crippen LogP contribution in [0.2, 0.25) is 0 Å². The molecule has 5 nitrogen and oxygen atoms in total. The van der Waals surface area contributed by atoms with E-state index in [0.717, 1.165) is 12.1 Å². The molecule has 0 spiro atoms. The van der Waals surface area contributed by atoms with Crippen LogP contribution >= 0.6 is 0 Å². The number of para-hydroxylation sites is 1. The summed E-state index contributed by atoms with van der Waals surface area (Å²) in [4.78, 5) is 12.5. The number of hydrogen-bond donors (Lipinski definition) is 1. The second-order valence-electron chi connectivity index (χ2n) is 5.80. The minimum absolute atomic E-state index is 0.234. The molecule has 1 amide bonds. The molecule has 4 rings (SSSR count). The first-order chi connectivity index (χ1) is 12.5. The highest BCUT2D eigenvalue weighted by Crippen LogP contribution is 2.31. The van der Waals surface area contributed by atoms with Crippen molar-refractivity contribution in [3.05, 3.63) is 77.0 Å². The predicted octanol–water partition coefficient (Wildman–Crippen LogP) is 3.17. The van der Waals surface area contributed by atoms with Gasteiger partial charge in [-0.3, -0.25) is 9.00 Å². The van der Waals surface area contributed by atoms with Crippen molar-refractivity contribution in [2.75, 3.05) is 5.32 Å². The molecule has 1 atom stereocenters. The van der Waals surface area contributed by atoms with Crippen LogP contribution in [-0.2, 0) is 22.3 Å². The highest BCUT2D eigenvalue weighted by atomic mass is 32.2. The van der Waals surface area contributed by atoms with Gasteiger partial charge in [0, 0.05) is 16.4 Å². The molecular weight excluding hydrogens is 360 g/mol. The second-order valence-corrected chi connectivity index (χ2v) is 7.26. The number of anilines is 1. The quantitative estimate of drug-likeness (QED) is 0.767. The van der Waals surface area contributed by atoms with Crippen molar-refractivity contribution in [1.29, 1.82) is 0 Å². The maximum absolute atomic E-state index is 13.9. The van der Waals surface area contributed by atoms with E-state index in [2.05, 4.69) is 10.4 Å². The van der Waals surface area contributed by atoms with Crippen LogP contribution in [0.25, 0.3) is 5.69 Å². The van der Waals surface area contributed by atoms with Crippen LogP contribution in [0.5, 0.6) is 0 Å². The van der Waals surface area contributed by atoms with Gasteiger partial charge in [-0.05, 0) is 24.3 Å². The lowest BCUT2D eigenvalue weighted by atomic mass is 10.1. The number of carbonyl (C=O) groups excluding carboxylic acids is 1. The molecule has 0 unspecified atom stereocenters. The lowest BCUT2D eigenvalue weighted by Gasteiger charge is -2.11. The Morgan fingerprint density at radius 2 is 1.73 bits per heavy atom. The Morgan fingerprint density at radius 1 is 1.04 bits per heavy atom. The Morgan fingerprint density at radius 3 is 2.42 bits per heavy atom. The van der Waals surface area contributed by atoms with E-state index in [-0.39, 0.29) is 17.3 Å². The fourth-order valence-electron chi connectivity index (χ4n) is 2.90. The second kappa shape index (κ2) is 6.45. The van der Waals surface area contributed by atoms with E-state index in [1.807, 2.05) is 18.2 Å². The Hall–Kier alpha value is -2.87. The molecule has 1 aliphatic rings. The molecule has 2 aromatic carbocycles. The van der Waals surface area contributed by atoms with Gasteiger partial charge in [0.25, 0.3) is 5.91 Å². The highest BCUT2D eigenvalue weighted by Gasteiger charge is 2.29. The SMILES string of the molecule is O=C(Nc1c2c(nn1-c1ccccc1)C[S@@](=O)C2)c1c(F)cccc1F. The maximum Gasteiger partial charge on any atom is 0.262 e. The van der Waals surface area contributed by atoms with Crippen molar-refractivity contribution in [3.8, 4) is 5.69 Å². The molecule has 2 heterocycles. The normalized spacial score (nSPS) is 15.7. The van der Waals surface area contributed by atoms with Gasteiger partial charge >= 0.3 is 0 Å². The third kappa shape index (κ3) is 2.82. The summed E-state index contributed by atoms with van der Waals surface area (Å²) < 4.78 is 41.2. The first-order valence-corrected chi connectivity index (χ1v) is 9.30. The molecule has 0 bridgehead atoms. The molecule has 26 heavy (non-hydrogen) atoms. The number of hydrogen-bond acceptors (Lipinski definition) is 3. The largest absolute Gasteiger partial charge is 0.306 e. The zero-order chi connectivity index (χ0) is 18.3. The van der Waals surface area contributed by atoms with E-state index < -0.39 is 33.9 Å². The minimum Gasteiger partial charge on any atom is -0.306 e. The van der Waals surface area contributed by atoms with Gasteiger partial charge in [-0.1, -0.05) is 24.3 Å². The van der Waals surface area contributed by atoms with Gasteiger partial charge < -0.3 is 5.32 Å². The molecule has 0 saturated heterocycles. The summed E-state index contributed by atoms with van der Waals surface area (Å²) in [5.41, 5.74) is 1.24. The fraction of sp³-hybridized carbons (Fsp3) is 0.111. The smallest absolute Gasteiger partial charge is 0.262 e. The predicted molar refractivity (Wildman–Crippen MR) is 93.4 cm³/mol. The number of rotatable bonds is 3. The highest BCUT2D eigenvalue weighted by molar-refractivity contribution is 7.83. The summed E-state index contributed by atoms with van der Waals surface area (Å²) in [6, 6.07) is 12.3. The van der Waals surface area contributed by atoms with Crippen molar-refractivity contribution in [2.45, 2.75) is 11.5 Å². The van der Waals surface area contributed by atoms with Crippen LogP contribution < -0.4 is 5.32 Å². The van der Waals surface area contributed by atoms with Crippen molar-refractivity contribution in [2.24, 2.45) is 0 Å². The van der Waals surface area contributed by atoms with Gasteiger partial charge in [-0.2, -0.15) is 5.10 Å². The van der Waals surface area contributed by atoms with Gasteiger partial charge in [-0.15, -0.1) is 0 Å². The number of carbonyl (C=O) groups is 1. The molecule has 8 heteroatoms. The number of halogens is 2. The summed E-state index contributed by atoms with van der Waals surface area (Å²) in [6.45, 7) is 0. The topological polar surface area (TPSA) is 64.0 Å². The molecule has 0 fully saturated rings. The van der Waals surface area contributed by atoms with E-state index >= 15 is 0 Å². The number of fused-ring (bicyclic) bond motifs is 1. The van der Waals surface area contributed by atoms with Gasteiger partial charge in [0.2, 0.25) is 0 Å². The summed E-state index contributed by atoms with van der Waals surface area (Å²) in [7, 11) is -1.11. The zero-order valence-electron chi connectivity index (χ0n) is 13.4. The van der Waals surface area contributed by atoms with E-state index in [4.69, 9.17) is 0 Å². The van der Waals surface area contributed by atoms with Crippen molar-refractivity contribution >= 4 is 22.5 Å². The summed E-state index contributed by atoms with van der Waals surface area (Å²) >= 11 is 0. The van der Waals surface area contributed by atoms with E-state index in [0.29, 0.717) is 16.9 Å². The Bertz CT molecular complexity index is 1010. The number of amides is 1. The first-order valence-electron chi connectivity index (χ1n) is 7.81. The van der Waals surface area contributed by atoms with Gasteiger partial charge in [0.05, 0.1) is 22.9 Å². The van der Waals surface area contributed by atoms with E-state index in [9.17, 15) is 17.8 Å². The molecule has 132 valence electrons. The third-order valence-corrected chi connectivity index (χ3v) is 5.30. The van der Waals surface area contributed by atoms with Gasteiger partial charge in [0.1, 0.15) is 23.0 Å². The summed E-state index contributed by atoms with van der Waals surface area (Å²) in [5.74, 6) is -2.02. The van der Waals surface area contributed by atoms with Gasteiger partial charge in [-0.25, -0.2) is 13.5 Å². The van der Waals surface area contributed by atoms with Crippen LogP contribution in [0.4, 0.5) is 14.6 Å². The van der Waals surface area contributed by atoms with Crippen LogP contribution in [0, 0.1) is 11.6 Å². The fourth-order valence-corrected chi connectivity index (χ4v) is 4.16. The lowest BCUT2D eigenvalue weighted by Crippen LogP contribution is -2.19. The molecule has 3 aromatic rings.